The molecule has 0 spiro atoms. The van der Waals surface area contributed by atoms with E-state index >= 15 is 0 Å². The van der Waals surface area contributed by atoms with Crippen molar-refractivity contribution in [3.8, 4) is 0 Å². The summed E-state index contributed by atoms with van der Waals surface area (Å²) in [6.45, 7) is 0.693. The lowest BCUT2D eigenvalue weighted by atomic mass is 9.97. The van der Waals surface area contributed by atoms with Crippen LogP contribution in [0, 0.1) is 0 Å². The molecule has 0 amide bonds. The van der Waals surface area contributed by atoms with Crippen molar-refractivity contribution in [2.45, 2.75) is 139 Å². The lowest BCUT2D eigenvalue weighted by Gasteiger charge is -2.46. The second-order valence-electron chi connectivity index (χ2n) is 10.8. The first-order valence-corrected chi connectivity index (χ1v) is 14.9. The summed E-state index contributed by atoms with van der Waals surface area (Å²) in [5, 5.41) is 80.4. The molecule has 1 unspecified atom stereocenters. The van der Waals surface area contributed by atoms with E-state index in [-0.39, 0.29) is 13.2 Å². The van der Waals surface area contributed by atoms with Gasteiger partial charge < -0.3 is 59.8 Å². The third-order valence-corrected chi connectivity index (χ3v) is 7.34. The number of ether oxygens (including phenoxy) is 4. The van der Waals surface area contributed by atoms with Gasteiger partial charge in [-0.3, -0.25) is 0 Å². The molecule has 0 aromatic rings. The molecule has 0 bridgehead atoms. The highest BCUT2D eigenvalue weighted by Crippen LogP contribution is 2.29. The molecule has 0 radical (unpaired) electrons. The van der Waals surface area contributed by atoms with Gasteiger partial charge in [0.15, 0.2) is 12.6 Å². The van der Waals surface area contributed by atoms with E-state index in [9.17, 15) is 40.9 Å². The maximum Gasteiger partial charge on any atom is 0.187 e. The van der Waals surface area contributed by atoms with E-state index in [4.69, 9.17) is 28.7 Å². The molecule has 2 rings (SSSR count). The highest BCUT2D eigenvalue weighted by Gasteiger charge is 2.50. The Morgan fingerprint density at radius 1 is 0.610 bits per heavy atom. The van der Waals surface area contributed by atoms with Gasteiger partial charge in [0.05, 0.1) is 26.4 Å². The third-order valence-electron chi connectivity index (χ3n) is 7.34. The van der Waals surface area contributed by atoms with Crippen molar-refractivity contribution in [2.24, 2.45) is 0 Å². The number of aliphatic hydroxyl groups is 8. The molecule has 14 nitrogen and oxygen atoms in total. The largest absolute Gasteiger partial charge is 0.394 e. The maximum absolute atomic E-state index is 10.6. The van der Waals surface area contributed by atoms with Crippen LogP contribution in [0.5, 0.6) is 0 Å². The van der Waals surface area contributed by atoms with E-state index in [2.05, 4.69) is 6.92 Å². The summed E-state index contributed by atoms with van der Waals surface area (Å²) < 4.78 is 21.6. The fraction of sp³-hybridized carbons (Fsp3) is 1.00. The lowest BCUT2D eigenvalue weighted by Crippen LogP contribution is -2.64. The third kappa shape index (κ3) is 12.2. The zero-order chi connectivity index (χ0) is 30.2. The number of aliphatic hydroxyl groups excluding tert-OH is 8. The highest BCUT2D eigenvalue weighted by molar-refractivity contribution is 4.94. The summed E-state index contributed by atoms with van der Waals surface area (Å²) in [6.07, 6.45) is -4.63. The molecular formula is C27H52O14. The van der Waals surface area contributed by atoms with Gasteiger partial charge in [0.2, 0.25) is 0 Å². The van der Waals surface area contributed by atoms with Crippen LogP contribution in [0.2, 0.25) is 0 Å². The highest BCUT2D eigenvalue weighted by atomic mass is 17.2. The summed E-state index contributed by atoms with van der Waals surface area (Å²) >= 11 is 0. The molecule has 41 heavy (non-hydrogen) atoms. The van der Waals surface area contributed by atoms with Crippen LogP contribution in [0.4, 0.5) is 0 Å². The molecule has 2 saturated heterocycles. The van der Waals surface area contributed by atoms with E-state index in [1.165, 1.54) is 44.9 Å². The SMILES string of the molecule is CCCCCCCCCCCCOOCC(O)CO[C@H]1O[C@H](CO)[C@@H](O[C@H]2O[C@H](CO)[C@@H](O)[C@H](O)[C@H]2O)[C@H](O)[C@H]1O. The molecule has 244 valence electrons. The number of unbranched alkanes of at least 4 members (excludes halogenated alkanes) is 9. The molecule has 14 heteroatoms. The fourth-order valence-electron chi connectivity index (χ4n) is 4.78. The quantitative estimate of drug-likeness (QED) is 0.0444. The van der Waals surface area contributed by atoms with Crippen molar-refractivity contribution >= 4 is 0 Å². The second kappa shape index (κ2) is 20.4. The average molecular weight is 601 g/mol. The van der Waals surface area contributed by atoms with Gasteiger partial charge in [-0.1, -0.05) is 64.7 Å². The van der Waals surface area contributed by atoms with Gasteiger partial charge in [-0.2, -0.15) is 0 Å². The predicted octanol–water partition coefficient (Wildman–Crippen LogP) is -1.14. The van der Waals surface area contributed by atoms with Crippen molar-refractivity contribution in [3.05, 3.63) is 0 Å². The Morgan fingerprint density at radius 2 is 1.17 bits per heavy atom. The van der Waals surface area contributed by atoms with Crippen LogP contribution in [-0.4, -0.2) is 141 Å². The van der Waals surface area contributed by atoms with Crippen molar-refractivity contribution in [1.82, 2.24) is 0 Å². The smallest absolute Gasteiger partial charge is 0.187 e. The second-order valence-corrected chi connectivity index (χ2v) is 10.8. The molecule has 2 heterocycles. The first-order chi connectivity index (χ1) is 19.7. The normalized spacial score (nSPS) is 35.0. The Labute approximate surface area is 241 Å². The Kier molecular flexibility index (Phi) is 18.2. The average Bonchev–Trinajstić information content (AvgIpc) is 2.97. The Morgan fingerprint density at radius 3 is 1.78 bits per heavy atom. The summed E-state index contributed by atoms with van der Waals surface area (Å²) in [6, 6.07) is 0. The Balaban J connectivity index is 1.64. The molecule has 2 fully saturated rings. The van der Waals surface area contributed by atoms with Gasteiger partial charge in [-0.25, -0.2) is 9.78 Å². The summed E-state index contributed by atoms with van der Waals surface area (Å²) in [4.78, 5) is 10.1. The van der Waals surface area contributed by atoms with Crippen molar-refractivity contribution in [1.29, 1.82) is 0 Å². The molecular weight excluding hydrogens is 548 g/mol. The monoisotopic (exact) mass is 600 g/mol. The Bertz CT molecular complexity index is 656. The van der Waals surface area contributed by atoms with Gasteiger partial charge in [0.1, 0.15) is 61.5 Å². The molecule has 11 atom stereocenters. The minimum atomic E-state index is -1.76. The number of rotatable bonds is 21. The van der Waals surface area contributed by atoms with E-state index in [0.717, 1.165) is 19.3 Å². The minimum absolute atomic E-state index is 0.199. The maximum atomic E-state index is 10.6. The fourth-order valence-corrected chi connectivity index (χ4v) is 4.78. The van der Waals surface area contributed by atoms with Crippen molar-refractivity contribution in [2.75, 3.05) is 33.0 Å². The summed E-state index contributed by atoms with van der Waals surface area (Å²) in [7, 11) is 0. The first-order valence-electron chi connectivity index (χ1n) is 14.9. The first kappa shape index (κ1) is 36.6. The van der Waals surface area contributed by atoms with Crippen LogP contribution >= 0.6 is 0 Å². The van der Waals surface area contributed by atoms with Gasteiger partial charge in [-0.15, -0.1) is 0 Å². The molecule has 0 aromatic heterocycles. The van der Waals surface area contributed by atoms with E-state index in [0.29, 0.717) is 6.61 Å². The number of hydrogen-bond donors (Lipinski definition) is 8. The van der Waals surface area contributed by atoms with Gasteiger partial charge in [0, 0.05) is 0 Å². The van der Waals surface area contributed by atoms with Crippen LogP contribution in [0.25, 0.3) is 0 Å². The minimum Gasteiger partial charge on any atom is -0.394 e. The van der Waals surface area contributed by atoms with E-state index in [1.54, 1.807) is 0 Å². The summed E-state index contributed by atoms with van der Waals surface area (Å²) in [5.41, 5.74) is 0. The van der Waals surface area contributed by atoms with Gasteiger partial charge in [-0.05, 0) is 6.42 Å². The van der Waals surface area contributed by atoms with Crippen LogP contribution in [0.3, 0.4) is 0 Å². The topological polar surface area (TPSA) is 217 Å². The van der Waals surface area contributed by atoms with Crippen molar-refractivity contribution in [3.63, 3.8) is 0 Å². The zero-order valence-electron chi connectivity index (χ0n) is 24.0. The molecule has 2 aliphatic rings. The van der Waals surface area contributed by atoms with E-state index in [1.807, 2.05) is 0 Å². The molecule has 0 aromatic carbocycles. The predicted molar refractivity (Wildman–Crippen MR) is 142 cm³/mol. The van der Waals surface area contributed by atoms with Crippen LogP contribution < -0.4 is 0 Å². The molecule has 0 saturated carbocycles. The lowest BCUT2D eigenvalue weighted by molar-refractivity contribution is -0.361. The summed E-state index contributed by atoms with van der Waals surface area (Å²) in [5.74, 6) is 0. The Hall–Kier alpha value is -0.560. The van der Waals surface area contributed by atoms with Gasteiger partial charge >= 0.3 is 0 Å². The van der Waals surface area contributed by atoms with E-state index < -0.39 is 80.7 Å². The standard InChI is InChI=1S/C27H52O14/c1-2-3-4-5-6-7-8-9-10-11-12-37-38-16-17(30)15-36-26-24(35)22(33)25(19(14-29)40-26)41-27-23(34)21(32)20(31)18(13-28)39-27/h17-35H,2-16H2,1H3/t17?,18-,19-,20-,21+,22-,23-,24-,25-,26+,27-/m1/s1. The zero-order valence-corrected chi connectivity index (χ0v) is 24.0. The van der Waals surface area contributed by atoms with Crippen molar-refractivity contribution < 1.29 is 69.6 Å². The van der Waals surface area contributed by atoms with Crippen LogP contribution in [-0.2, 0) is 28.7 Å². The number of hydrogen-bond acceptors (Lipinski definition) is 14. The van der Waals surface area contributed by atoms with Gasteiger partial charge in [0.25, 0.3) is 0 Å². The van der Waals surface area contributed by atoms with Crippen LogP contribution in [0.15, 0.2) is 0 Å². The molecule has 8 N–H and O–H groups in total. The van der Waals surface area contributed by atoms with Crippen LogP contribution in [0.1, 0.15) is 71.1 Å². The molecule has 2 aliphatic heterocycles. The molecule has 0 aliphatic carbocycles.